The summed E-state index contributed by atoms with van der Waals surface area (Å²) >= 11 is 0. The maximum absolute atomic E-state index is 12.5. The number of nitrogens with zero attached hydrogens (tertiary/aromatic N) is 4. The molecule has 1 N–H and O–H groups in total. The van der Waals surface area contributed by atoms with E-state index in [0.717, 1.165) is 11.3 Å². The van der Waals surface area contributed by atoms with Gasteiger partial charge in [-0.3, -0.25) is 9.59 Å². The summed E-state index contributed by atoms with van der Waals surface area (Å²) in [5, 5.41) is 16.8. The van der Waals surface area contributed by atoms with Gasteiger partial charge in [0.15, 0.2) is 5.69 Å². The number of aliphatic carboxylic acids is 1. The fourth-order valence-electron chi connectivity index (χ4n) is 2.24. The lowest BCUT2D eigenvalue weighted by Crippen LogP contribution is -2.33. The third-order valence-electron chi connectivity index (χ3n) is 3.64. The number of carboxylic acids is 1. The Balaban J connectivity index is 2.25. The molecule has 0 aliphatic carbocycles. The average molecular weight is 316 g/mol. The van der Waals surface area contributed by atoms with Crippen molar-refractivity contribution in [3.05, 3.63) is 41.2 Å². The van der Waals surface area contributed by atoms with Crippen molar-refractivity contribution in [2.45, 2.75) is 27.2 Å². The molecule has 1 aromatic heterocycles. The maximum Gasteiger partial charge on any atom is 0.305 e. The molecule has 1 aromatic carbocycles. The zero-order valence-corrected chi connectivity index (χ0v) is 13.5. The Morgan fingerprint density at radius 3 is 2.43 bits per heavy atom. The van der Waals surface area contributed by atoms with Crippen LogP contribution in [0.1, 0.15) is 35.1 Å². The Morgan fingerprint density at radius 2 is 1.87 bits per heavy atom. The molecule has 0 unspecified atom stereocenters. The molecule has 0 aliphatic heterocycles. The quantitative estimate of drug-likeness (QED) is 0.878. The van der Waals surface area contributed by atoms with Crippen LogP contribution in [-0.2, 0) is 4.79 Å². The first-order valence-electron chi connectivity index (χ1n) is 7.44. The van der Waals surface area contributed by atoms with E-state index in [1.807, 2.05) is 31.2 Å². The van der Waals surface area contributed by atoms with Crippen molar-refractivity contribution < 1.29 is 14.7 Å². The number of amides is 1. The molecule has 1 heterocycles. The van der Waals surface area contributed by atoms with Gasteiger partial charge in [-0.25, -0.2) is 4.68 Å². The lowest BCUT2D eigenvalue weighted by molar-refractivity contribution is -0.137. The summed E-state index contributed by atoms with van der Waals surface area (Å²) in [5.74, 6) is -1.24. The molecule has 0 bridgehead atoms. The van der Waals surface area contributed by atoms with Crippen LogP contribution in [0.25, 0.3) is 5.69 Å². The van der Waals surface area contributed by atoms with Gasteiger partial charge in [-0.15, -0.1) is 5.10 Å². The summed E-state index contributed by atoms with van der Waals surface area (Å²) in [7, 11) is 0. The number of carboxylic acid groups (broad SMARTS) is 1. The minimum atomic E-state index is -0.934. The van der Waals surface area contributed by atoms with Gasteiger partial charge in [-0.1, -0.05) is 22.9 Å². The molecule has 2 rings (SSSR count). The van der Waals surface area contributed by atoms with Crippen molar-refractivity contribution in [3.63, 3.8) is 0 Å². The molecule has 0 aliphatic rings. The van der Waals surface area contributed by atoms with Gasteiger partial charge in [0.1, 0.15) is 0 Å². The lowest BCUT2D eigenvalue weighted by Gasteiger charge is -2.18. The molecule has 0 spiro atoms. The second-order valence-corrected chi connectivity index (χ2v) is 5.30. The number of rotatable bonds is 6. The molecule has 0 saturated carbocycles. The van der Waals surface area contributed by atoms with Crippen LogP contribution in [0.15, 0.2) is 24.3 Å². The van der Waals surface area contributed by atoms with E-state index in [-0.39, 0.29) is 24.6 Å². The maximum atomic E-state index is 12.5. The molecule has 0 atom stereocenters. The SMILES string of the molecule is CCN(CCC(=O)O)C(=O)c1nnn(-c2ccc(C)cc2)c1C. The standard InChI is InChI=1S/C16H20N4O3/c1-4-19(10-9-14(21)22)16(23)15-12(3)20(18-17-15)13-7-5-11(2)6-8-13/h5-8H,4,9-10H2,1-3H3,(H,21,22). The molecule has 2 aromatic rings. The van der Waals surface area contributed by atoms with Gasteiger partial charge in [-0.05, 0) is 32.9 Å². The summed E-state index contributed by atoms with van der Waals surface area (Å²) < 4.78 is 1.61. The number of carbonyl (C=O) groups excluding carboxylic acids is 1. The highest BCUT2D eigenvalue weighted by Gasteiger charge is 2.22. The van der Waals surface area contributed by atoms with Crippen LogP contribution in [0.5, 0.6) is 0 Å². The molecular weight excluding hydrogens is 296 g/mol. The molecular formula is C16H20N4O3. The van der Waals surface area contributed by atoms with Crippen molar-refractivity contribution in [2.24, 2.45) is 0 Å². The van der Waals surface area contributed by atoms with Gasteiger partial charge in [-0.2, -0.15) is 0 Å². The van der Waals surface area contributed by atoms with Crippen molar-refractivity contribution >= 4 is 11.9 Å². The van der Waals surface area contributed by atoms with Crippen LogP contribution in [-0.4, -0.2) is 50.0 Å². The van der Waals surface area contributed by atoms with Gasteiger partial charge >= 0.3 is 5.97 Å². The van der Waals surface area contributed by atoms with Crippen LogP contribution in [0.4, 0.5) is 0 Å². The normalized spacial score (nSPS) is 10.6. The highest BCUT2D eigenvalue weighted by atomic mass is 16.4. The smallest absolute Gasteiger partial charge is 0.305 e. The first kappa shape index (κ1) is 16.7. The van der Waals surface area contributed by atoms with Gasteiger partial charge in [0, 0.05) is 13.1 Å². The fourth-order valence-corrected chi connectivity index (χ4v) is 2.24. The highest BCUT2D eigenvalue weighted by Crippen LogP contribution is 2.14. The minimum Gasteiger partial charge on any atom is -0.481 e. The van der Waals surface area contributed by atoms with Crippen LogP contribution >= 0.6 is 0 Å². The van der Waals surface area contributed by atoms with Crippen LogP contribution in [0.2, 0.25) is 0 Å². The van der Waals surface area contributed by atoms with E-state index in [1.165, 1.54) is 4.90 Å². The number of carbonyl (C=O) groups is 2. The Kier molecular flexibility index (Phi) is 5.10. The van der Waals surface area contributed by atoms with Gasteiger partial charge in [0.25, 0.3) is 5.91 Å². The van der Waals surface area contributed by atoms with E-state index in [9.17, 15) is 9.59 Å². The second-order valence-electron chi connectivity index (χ2n) is 5.30. The van der Waals surface area contributed by atoms with Gasteiger partial charge in [0.2, 0.25) is 0 Å². The van der Waals surface area contributed by atoms with Crippen molar-refractivity contribution in [2.75, 3.05) is 13.1 Å². The topological polar surface area (TPSA) is 88.3 Å². The fraction of sp³-hybridized carbons (Fsp3) is 0.375. The summed E-state index contributed by atoms with van der Waals surface area (Å²) in [6.07, 6.45) is -0.0925. The molecule has 1 amide bonds. The summed E-state index contributed by atoms with van der Waals surface area (Å²) in [6, 6.07) is 7.74. The Hall–Kier alpha value is -2.70. The first-order chi connectivity index (χ1) is 10.9. The van der Waals surface area contributed by atoms with E-state index in [2.05, 4.69) is 10.3 Å². The van der Waals surface area contributed by atoms with E-state index < -0.39 is 5.97 Å². The first-order valence-corrected chi connectivity index (χ1v) is 7.44. The third kappa shape index (κ3) is 3.74. The van der Waals surface area contributed by atoms with Crippen molar-refractivity contribution in [1.82, 2.24) is 19.9 Å². The number of aromatic nitrogens is 3. The van der Waals surface area contributed by atoms with E-state index >= 15 is 0 Å². The number of aryl methyl sites for hydroxylation is 1. The Bertz CT molecular complexity index is 707. The number of benzene rings is 1. The zero-order chi connectivity index (χ0) is 17.0. The Labute approximate surface area is 134 Å². The zero-order valence-electron chi connectivity index (χ0n) is 13.5. The summed E-state index contributed by atoms with van der Waals surface area (Å²) in [6.45, 7) is 6.15. The largest absolute Gasteiger partial charge is 0.481 e. The van der Waals surface area contributed by atoms with E-state index in [0.29, 0.717) is 12.2 Å². The molecule has 7 heteroatoms. The lowest BCUT2D eigenvalue weighted by atomic mass is 10.2. The Morgan fingerprint density at radius 1 is 1.22 bits per heavy atom. The van der Waals surface area contributed by atoms with Crippen LogP contribution in [0, 0.1) is 13.8 Å². The van der Waals surface area contributed by atoms with Crippen LogP contribution < -0.4 is 0 Å². The van der Waals surface area contributed by atoms with Crippen molar-refractivity contribution in [1.29, 1.82) is 0 Å². The van der Waals surface area contributed by atoms with E-state index in [1.54, 1.807) is 18.5 Å². The average Bonchev–Trinajstić information content (AvgIpc) is 2.90. The highest BCUT2D eigenvalue weighted by molar-refractivity contribution is 5.93. The summed E-state index contributed by atoms with van der Waals surface area (Å²) in [5.41, 5.74) is 2.84. The monoisotopic (exact) mass is 316 g/mol. The van der Waals surface area contributed by atoms with Crippen molar-refractivity contribution in [3.8, 4) is 5.69 Å². The molecule has 7 nitrogen and oxygen atoms in total. The van der Waals surface area contributed by atoms with E-state index in [4.69, 9.17) is 5.11 Å². The predicted molar refractivity (Wildman–Crippen MR) is 84.7 cm³/mol. The molecule has 0 saturated heterocycles. The molecule has 122 valence electrons. The number of hydrogen-bond acceptors (Lipinski definition) is 4. The molecule has 0 fully saturated rings. The third-order valence-corrected chi connectivity index (χ3v) is 3.64. The summed E-state index contributed by atoms with van der Waals surface area (Å²) in [4.78, 5) is 24.7. The molecule has 23 heavy (non-hydrogen) atoms. The second kappa shape index (κ2) is 7.04. The predicted octanol–water partition coefficient (Wildman–Crippen LogP) is 1.82. The van der Waals surface area contributed by atoms with Crippen LogP contribution in [0.3, 0.4) is 0 Å². The van der Waals surface area contributed by atoms with Gasteiger partial charge < -0.3 is 10.0 Å². The number of hydrogen-bond donors (Lipinski definition) is 1. The minimum absolute atomic E-state index is 0.0925. The molecule has 0 radical (unpaired) electrons. The van der Waals surface area contributed by atoms with Gasteiger partial charge in [0.05, 0.1) is 17.8 Å².